The number of hydrogen-bond acceptors (Lipinski definition) is 8. The number of ether oxygens (including phenoxy) is 5. The summed E-state index contributed by atoms with van der Waals surface area (Å²) in [6, 6.07) is 12.8. The number of nitrogens with two attached hydrogens (primary N) is 1. The van der Waals surface area contributed by atoms with Crippen molar-refractivity contribution in [1.82, 2.24) is 0 Å². The molecular formula is C29H33NO7. The fraction of sp³-hybridized carbons (Fsp3) is 0.379. The molecule has 2 aromatic carbocycles. The Morgan fingerprint density at radius 2 is 1.76 bits per heavy atom. The average Bonchev–Trinajstić information content (AvgIpc) is 2.86. The van der Waals surface area contributed by atoms with Gasteiger partial charge in [0.15, 0.2) is 5.78 Å². The Labute approximate surface area is 217 Å². The van der Waals surface area contributed by atoms with Gasteiger partial charge in [-0.05, 0) is 48.2 Å². The molecule has 37 heavy (non-hydrogen) atoms. The Kier molecular flexibility index (Phi) is 7.47. The maximum atomic E-state index is 13.4. The van der Waals surface area contributed by atoms with Crippen molar-refractivity contribution < 1.29 is 33.3 Å². The van der Waals surface area contributed by atoms with Crippen molar-refractivity contribution in [1.29, 1.82) is 0 Å². The van der Waals surface area contributed by atoms with E-state index in [0.29, 0.717) is 41.2 Å². The Balaban J connectivity index is 1.71. The predicted molar refractivity (Wildman–Crippen MR) is 137 cm³/mol. The molecule has 2 aliphatic rings. The van der Waals surface area contributed by atoms with Crippen LogP contribution in [0, 0.1) is 5.41 Å². The summed E-state index contributed by atoms with van der Waals surface area (Å²) < 4.78 is 28.0. The minimum absolute atomic E-state index is 0.0430. The summed E-state index contributed by atoms with van der Waals surface area (Å²) >= 11 is 0. The summed E-state index contributed by atoms with van der Waals surface area (Å²) in [5.74, 6) is 1.03. The van der Waals surface area contributed by atoms with Crippen molar-refractivity contribution in [2.24, 2.45) is 11.1 Å². The number of hydrogen-bond donors (Lipinski definition) is 1. The van der Waals surface area contributed by atoms with Gasteiger partial charge in [0.05, 0.1) is 26.7 Å². The molecule has 4 rings (SSSR count). The fourth-order valence-corrected chi connectivity index (χ4v) is 4.82. The second-order valence-corrected chi connectivity index (χ2v) is 9.85. The lowest BCUT2D eigenvalue weighted by atomic mass is 9.70. The van der Waals surface area contributed by atoms with Crippen LogP contribution in [0.15, 0.2) is 65.3 Å². The van der Waals surface area contributed by atoms with E-state index in [1.165, 1.54) is 0 Å². The predicted octanol–water partition coefficient (Wildman–Crippen LogP) is 4.77. The molecule has 1 heterocycles. The number of methoxy groups -OCH3 is 2. The molecule has 2 aromatic rings. The molecule has 1 aliphatic heterocycles. The van der Waals surface area contributed by atoms with Gasteiger partial charge in [-0.3, -0.25) is 4.79 Å². The first kappa shape index (κ1) is 26.1. The van der Waals surface area contributed by atoms with E-state index in [4.69, 9.17) is 29.4 Å². The fourth-order valence-electron chi connectivity index (χ4n) is 4.82. The average molecular weight is 508 g/mol. The topological polar surface area (TPSA) is 106 Å². The molecule has 0 unspecified atom stereocenters. The summed E-state index contributed by atoms with van der Waals surface area (Å²) in [6.07, 6.45) is 0.874. The molecule has 1 aliphatic carbocycles. The lowest BCUT2D eigenvalue weighted by molar-refractivity contribution is -0.139. The van der Waals surface area contributed by atoms with Crippen LogP contribution in [-0.4, -0.2) is 32.6 Å². The molecule has 0 saturated carbocycles. The monoisotopic (exact) mass is 507 g/mol. The molecule has 2 N–H and O–H groups in total. The van der Waals surface area contributed by atoms with Crippen LogP contribution in [0.25, 0.3) is 0 Å². The van der Waals surface area contributed by atoms with Gasteiger partial charge in [-0.25, -0.2) is 4.79 Å². The van der Waals surface area contributed by atoms with Crippen LogP contribution >= 0.6 is 0 Å². The van der Waals surface area contributed by atoms with E-state index in [-0.39, 0.29) is 35.9 Å². The van der Waals surface area contributed by atoms with Gasteiger partial charge >= 0.3 is 5.97 Å². The number of carbonyl (C=O) groups excluding carboxylic acids is 2. The summed E-state index contributed by atoms with van der Waals surface area (Å²) in [7, 11) is 3.17. The third kappa shape index (κ3) is 5.43. The van der Waals surface area contributed by atoms with Crippen LogP contribution in [0.3, 0.4) is 0 Å². The minimum Gasteiger partial charge on any atom is -0.497 e. The van der Waals surface area contributed by atoms with E-state index >= 15 is 0 Å². The molecule has 0 fully saturated rings. The van der Waals surface area contributed by atoms with E-state index in [2.05, 4.69) is 0 Å². The molecule has 0 aromatic heterocycles. The summed E-state index contributed by atoms with van der Waals surface area (Å²) in [4.78, 5) is 26.4. The van der Waals surface area contributed by atoms with Gasteiger partial charge in [-0.1, -0.05) is 26.0 Å². The van der Waals surface area contributed by atoms with Crippen LogP contribution in [0.2, 0.25) is 0 Å². The number of esters is 1. The molecular weight excluding hydrogens is 474 g/mol. The number of allylic oxidation sites excluding steroid dienone is 2. The Morgan fingerprint density at radius 3 is 2.41 bits per heavy atom. The number of carbonyl (C=O) groups is 2. The van der Waals surface area contributed by atoms with E-state index in [1.807, 2.05) is 56.3 Å². The quantitative estimate of drug-likeness (QED) is 0.509. The van der Waals surface area contributed by atoms with Crippen LogP contribution in [0.5, 0.6) is 17.2 Å². The first-order valence-electron chi connectivity index (χ1n) is 12.2. The Morgan fingerprint density at radius 1 is 1.05 bits per heavy atom. The van der Waals surface area contributed by atoms with E-state index < -0.39 is 11.9 Å². The maximum absolute atomic E-state index is 13.4. The normalized spacial score (nSPS) is 18.6. The first-order chi connectivity index (χ1) is 17.7. The van der Waals surface area contributed by atoms with Gasteiger partial charge in [-0.15, -0.1) is 0 Å². The number of rotatable bonds is 8. The third-order valence-corrected chi connectivity index (χ3v) is 6.55. The van der Waals surface area contributed by atoms with Gasteiger partial charge in [-0.2, -0.15) is 0 Å². The number of Topliss-reactive ketones (excluding diaryl/α,β-unsaturated/α-hetero) is 1. The summed E-state index contributed by atoms with van der Waals surface area (Å²) in [5.41, 5.74) is 8.04. The molecule has 1 atom stereocenters. The molecule has 8 heteroatoms. The molecule has 0 bridgehead atoms. The highest BCUT2D eigenvalue weighted by Gasteiger charge is 2.45. The van der Waals surface area contributed by atoms with E-state index in [1.54, 1.807) is 21.1 Å². The lowest BCUT2D eigenvalue weighted by Crippen LogP contribution is -2.35. The van der Waals surface area contributed by atoms with Crippen molar-refractivity contribution >= 4 is 11.8 Å². The van der Waals surface area contributed by atoms with E-state index in [9.17, 15) is 9.59 Å². The third-order valence-electron chi connectivity index (χ3n) is 6.55. The SMILES string of the molecule is CCOC(=O)C1=C(N)OC2=C(C(=O)CC(C)(C)C2)[C@@H]1c1ccc(COc2ccc(OC)cc2)c(OC)c1. The van der Waals surface area contributed by atoms with Crippen molar-refractivity contribution in [3.05, 3.63) is 76.4 Å². The maximum Gasteiger partial charge on any atom is 0.340 e. The Bertz CT molecular complexity index is 1260. The highest BCUT2D eigenvalue weighted by Crippen LogP contribution is 2.48. The smallest absolute Gasteiger partial charge is 0.340 e. The zero-order valence-corrected chi connectivity index (χ0v) is 21.9. The van der Waals surface area contributed by atoms with Gasteiger partial charge in [0.25, 0.3) is 0 Å². The highest BCUT2D eigenvalue weighted by atomic mass is 16.5. The molecule has 196 valence electrons. The van der Waals surface area contributed by atoms with Crippen molar-refractivity contribution in [3.8, 4) is 17.2 Å². The van der Waals surface area contributed by atoms with Crippen molar-refractivity contribution in [3.63, 3.8) is 0 Å². The summed E-state index contributed by atoms with van der Waals surface area (Å²) in [5, 5.41) is 0. The molecule has 0 saturated heterocycles. The minimum atomic E-state index is -0.725. The van der Waals surface area contributed by atoms with Gasteiger partial charge in [0.1, 0.15) is 35.2 Å². The van der Waals surface area contributed by atoms with Gasteiger partial charge in [0, 0.05) is 24.0 Å². The Hall–Kier alpha value is -3.94. The second kappa shape index (κ2) is 10.6. The van der Waals surface area contributed by atoms with Crippen LogP contribution < -0.4 is 19.9 Å². The second-order valence-electron chi connectivity index (χ2n) is 9.85. The van der Waals surface area contributed by atoms with Gasteiger partial charge < -0.3 is 29.4 Å². The highest BCUT2D eigenvalue weighted by molar-refractivity contribution is 6.03. The largest absolute Gasteiger partial charge is 0.497 e. The van der Waals surface area contributed by atoms with E-state index in [0.717, 1.165) is 11.3 Å². The molecule has 0 spiro atoms. The molecule has 0 radical (unpaired) electrons. The summed E-state index contributed by atoms with van der Waals surface area (Å²) in [6.45, 7) is 6.16. The van der Waals surface area contributed by atoms with Crippen LogP contribution in [0.1, 0.15) is 50.7 Å². The van der Waals surface area contributed by atoms with Crippen LogP contribution in [-0.2, 0) is 25.7 Å². The molecule has 8 nitrogen and oxygen atoms in total. The lowest BCUT2D eigenvalue weighted by Gasteiger charge is -2.38. The number of benzene rings is 2. The van der Waals surface area contributed by atoms with Gasteiger partial charge in [0.2, 0.25) is 5.88 Å². The first-order valence-corrected chi connectivity index (χ1v) is 12.2. The zero-order chi connectivity index (χ0) is 26.7. The standard InChI is InChI=1S/C29H33NO7/c1-6-35-28(32)26-24(25-21(31)14-29(2,3)15-23(25)37-27(26)30)17-7-8-18(22(13-17)34-5)16-36-20-11-9-19(33-4)10-12-20/h7-13,24H,6,14-16,30H2,1-5H3/t24-/m0/s1. The molecule has 0 amide bonds. The van der Waals surface area contributed by atoms with Crippen LogP contribution in [0.4, 0.5) is 0 Å². The number of ketones is 1. The zero-order valence-electron chi connectivity index (χ0n) is 21.9. The van der Waals surface area contributed by atoms with Crippen molar-refractivity contribution in [2.45, 2.75) is 46.1 Å². The van der Waals surface area contributed by atoms with Crippen molar-refractivity contribution in [2.75, 3.05) is 20.8 Å².